The number of aromatic nitrogens is 2. The molecule has 9 heteroatoms. The van der Waals surface area contributed by atoms with Gasteiger partial charge in [0.15, 0.2) is 5.82 Å². The molecule has 0 N–H and O–H groups in total. The maximum Gasteiger partial charge on any atom is 0.305 e. The van der Waals surface area contributed by atoms with E-state index in [1.54, 1.807) is 11.3 Å². The van der Waals surface area contributed by atoms with Gasteiger partial charge in [-0.3, -0.25) is 4.79 Å². The Bertz CT molecular complexity index is 810. The van der Waals surface area contributed by atoms with Gasteiger partial charge in [0.25, 0.3) is 0 Å². The van der Waals surface area contributed by atoms with Crippen LogP contribution >= 0.6 is 22.9 Å². The quantitative estimate of drug-likeness (QED) is 0.316. The van der Waals surface area contributed by atoms with E-state index in [9.17, 15) is 4.79 Å². The van der Waals surface area contributed by atoms with E-state index < -0.39 is 0 Å². The van der Waals surface area contributed by atoms with E-state index in [0.29, 0.717) is 31.5 Å². The number of unbranched alkanes of at least 4 members (excludes halogenated alkanes) is 2. The van der Waals surface area contributed by atoms with E-state index in [1.165, 1.54) is 4.88 Å². The highest BCUT2D eigenvalue weighted by molar-refractivity contribution is 7.19. The number of fused-ring (bicyclic) bond motifs is 1. The van der Waals surface area contributed by atoms with Crippen LogP contribution in [0.2, 0.25) is 5.28 Å². The number of carbonyl (C=O) groups is 1. The molecule has 1 aliphatic heterocycles. The normalized spacial score (nSPS) is 14.7. The van der Waals surface area contributed by atoms with Gasteiger partial charge in [0.05, 0.1) is 30.0 Å². The van der Waals surface area contributed by atoms with Crippen molar-refractivity contribution in [3.05, 3.63) is 16.2 Å². The summed E-state index contributed by atoms with van der Waals surface area (Å²) in [6.45, 7) is 7.20. The Morgan fingerprint density at radius 2 is 2.10 bits per heavy atom. The largest absolute Gasteiger partial charge is 0.466 e. The summed E-state index contributed by atoms with van der Waals surface area (Å²) >= 11 is 7.92. The number of anilines is 1. The first-order valence-corrected chi connectivity index (χ1v) is 11.4. The van der Waals surface area contributed by atoms with Crippen LogP contribution in [0.4, 0.5) is 5.82 Å². The number of thiophene rings is 1. The molecule has 160 valence electrons. The fraction of sp³-hybridized carbons (Fsp3) is 0.650. The summed E-state index contributed by atoms with van der Waals surface area (Å²) in [5.41, 5.74) is 0.911. The second kappa shape index (κ2) is 11.1. The van der Waals surface area contributed by atoms with Gasteiger partial charge in [-0.1, -0.05) is 6.42 Å². The van der Waals surface area contributed by atoms with Gasteiger partial charge in [0.1, 0.15) is 0 Å². The van der Waals surface area contributed by atoms with Crippen LogP contribution in [-0.4, -0.2) is 67.3 Å². The third-order valence-electron chi connectivity index (χ3n) is 4.84. The molecule has 7 nitrogen and oxygen atoms in total. The zero-order valence-corrected chi connectivity index (χ0v) is 18.7. The lowest BCUT2D eigenvalue weighted by atomic mass is 10.2. The van der Waals surface area contributed by atoms with Crippen LogP contribution in [0.3, 0.4) is 0 Å². The molecule has 0 bridgehead atoms. The van der Waals surface area contributed by atoms with Crippen LogP contribution in [0.25, 0.3) is 10.2 Å². The van der Waals surface area contributed by atoms with Crippen molar-refractivity contribution in [2.45, 2.75) is 39.2 Å². The van der Waals surface area contributed by atoms with Crippen LogP contribution < -0.4 is 4.90 Å². The molecule has 0 radical (unpaired) electrons. The SMILES string of the molecule is CCOC(=O)CCCCCN(C)Cc1cc2nc(Cl)nc(N3CCOCC3)c2s1. The van der Waals surface area contributed by atoms with Gasteiger partial charge in [0.2, 0.25) is 5.28 Å². The maximum atomic E-state index is 11.4. The highest BCUT2D eigenvalue weighted by atomic mass is 35.5. The van der Waals surface area contributed by atoms with Crippen LogP contribution in [0.5, 0.6) is 0 Å². The standard InChI is InChI=1S/C20H29ClN4O3S/c1-3-28-17(26)7-5-4-6-8-24(2)14-15-13-16-18(29-15)19(23-20(21)22-16)25-9-11-27-12-10-25/h13H,3-12,14H2,1-2H3. The first-order chi connectivity index (χ1) is 14.1. The molecule has 0 aromatic carbocycles. The predicted molar refractivity (Wildman–Crippen MR) is 117 cm³/mol. The Kier molecular flexibility index (Phi) is 8.47. The van der Waals surface area contributed by atoms with Gasteiger partial charge in [-0.25, -0.2) is 4.98 Å². The van der Waals surface area contributed by atoms with Crippen molar-refractivity contribution in [1.29, 1.82) is 0 Å². The number of morpholine rings is 1. The third-order valence-corrected chi connectivity index (χ3v) is 6.11. The zero-order chi connectivity index (χ0) is 20.6. The Morgan fingerprint density at radius 3 is 2.86 bits per heavy atom. The predicted octanol–water partition coefficient (Wildman–Crippen LogP) is 3.74. The van der Waals surface area contributed by atoms with Gasteiger partial charge in [0, 0.05) is 30.9 Å². The first kappa shape index (κ1) is 22.2. The molecule has 0 saturated carbocycles. The lowest BCUT2D eigenvalue weighted by molar-refractivity contribution is -0.143. The van der Waals surface area contributed by atoms with E-state index in [0.717, 1.165) is 61.5 Å². The van der Waals surface area contributed by atoms with Crippen LogP contribution in [0.1, 0.15) is 37.5 Å². The van der Waals surface area contributed by atoms with E-state index in [4.69, 9.17) is 21.1 Å². The maximum absolute atomic E-state index is 11.4. The molecular formula is C20H29ClN4O3S. The van der Waals surface area contributed by atoms with Gasteiger partial charge in [-0.05, 0) is 51.0 Å². The monoisotopic (exact) mass is 440 g/mol. The average Bonchev–Trinajstić information content (AvgIpc) is 3.09. The second-order valence-electron chi connectivity index (χ2n) is 7.20. The number of nitrogens with zero attached hydrogens (tertiary/aromatic N) is 4. The van der Waals surface area contributed by atoms with Crippen molar-refractivity contribution in [3.8, 4) is 0 Å². The van der Waals surface area contributed by atoms with Crippen LogP contribution in [-0.2, 0) is 20.8 Å². The lowest BCUT2D eigenvalue weighted by Gasteiger charge is -2.28. The Balaban J connectivity index is 1.54. The first-order valence-electron chi connectivity index (χ1n) is 10.2. The number of hydrogen-bond donors (Lipinski definition) is 0. The second-order valence-corrected chi connectivity index (χ2v) is 8.67. The molecule has 3 rings (SSSR count). The fourth-order valence-corrected chi connectivity index (χ4v) is 4.77. The van der Waals surface area contributed by atoms with E-state index in [1.807, 2.05) is 6.92 Å². The highest BCUT2D eigenvalue weighted by Gasteiger charge is 2.19. The van der Waals surface area contributed by atoms with E-state index in [2.05, 4.69) is 32.9 Å². The molecule has 2 aromatic rings. The number of esters is 1. The van der Waals surface area contributed by atoms with Gasteiger partial charge in [-0.2, -0.15) is 4.98 Å². The van der Waals surface area contributed by atoms with Gasteiger partial charge in [-0.15, -0.1) is 11.3 Å². The average molecular weight is 441 g/mol. The summed E-state index contributed by atoms with van der Waals surface area (Å²) in [5.74, 6) is 0.822. The molecule has 0 spiro atoms. The number of halogens is 1. The summed E-state index contributed by atoms with van der Waals surface area (Å²) in [6.07, 6.45) is 3.48. The molecule has 29 heavy (non-hydrogen) atoms. The van der Waals surface area contributed by atoms with Crippen molar-refractivity contribution in [3.63, 3.8) is 0 Å². The molecule has 3 heterocycles. The van der Waals surface area contributed by atoms with Crippen molar-refractivity contribution in [1.82, 2.24) is 14.9 Å². The Hall–Kier alpha value is -1.48. The molecular weight excluding hydrogens is 412 g/mol. The van der Waals surface area contributed by atoms with Crippen LogP contribution in [0.15, 0.2) is 6.07 Å². The summed E-state index contributed by atoms with van der Waals surface area (Å²) in [7, 11) is 2.12. The molecule has 0 aliphatic carbocycles. The summed E-state index contributed by atoms with van der Waals surface area (Å²) in [4.78, 5) is 26.1. The Morgan fingerprint density at radius 1 is 1.31 bits per heavy atom. The topological polar surface area (TPSA) is 67.8 Å². The number of rotatable bonds is 10. The van der Waals surface area contributed by atoms with Crippen LogP contribution in [0, 0.1) is 0 Å². The molecule has 1 fully saturated rings. The number of hydrogen-bond acceptors (Lipinski definition) is 8. The Labute approximate surface area is 181 Å². The van der Waals surface area contributed by atoms with Crippen molar-refractivity contribution in [2.24, 2.45) is 0 Å². The minimum absolute atomic E-state index is 0.0954. The summed E-state index contributed by atoms with van der Waals surface area (Å²) in [5, 5.41) is 0.290. The number of ether oxygens (including phenoxy) is 2. The smallest absolute Gasteiger partial charge is 0.305 e. The third kappa shape index (κ3) is 6.50. The molecule has 0 unspecified atom stereocenters. The molecule has 1 saturated heterocycles. The highest BCUT2D eigenvalue weighted by Crippen LogP contribution is 2.33. The number of carbonyl (C=O) groups excluding carboxylic acids is 1. The molecule has 2 aromatic heterocycles. The lowest BCUT2D eigenvalue weighted by Crippen LogP contribution is -2.36. The fourth-order valence-electron chi connectivity index (χ4n) is 3.41. The minimum Gasteiger partial charge on any atom is -0.466 e. The molecule has 1 aliphatic rings. The zero-order valence-electron chi connectivity index (χ0n) is 17.2. The van der Waals surface area contributed by atoms with Crippen molar-refractivity contribution < 1.29 is 14.3 Å². The van der Waals surface area contributed by atoms with E-state index in [-0.39, 0.29) is 5.97 Å². The van der Waals surface area contributed by atoms with Gasteiger partial charge >= 0.3 is 5.97 Å². The summed E-state index contributed by atoms with van der Waals surface area (Å²) in [6, 6.07) is 2.12. The minimum atomic E-state index is -0.0954. The molecule has 0 amide bonds. The van der Waals surface area contributed by atoms with E-state index >= 15 is 0 Å². The van der Waals surface area contributed by atoms with Crippen molar-refractivity contribution in [2.75, 3.05) is 51.4 Å². The van der Waals surface area contributed by atoms with Crippen molar-refractivity contribution >= 4 is 44.9 Å². The van der Waals surface area contributed by atoms with Gasteiger partial charge < -0.3 is 19.3 Å². The summed E-state index contributed by atoms with van der Waals surface area (Å²) < 4.78 is 11.5. The molecule has 0 atom stereocenters.